The molecule has 0 spiro atoms. The zero-order valence-electron chi connectivity index (χ0n) is 20.6. The van der Waals surface area contributed by atoms with Crippen molar-refractivity contribution in [2.75, 3.05) is 26.5 Å². The van der Waals surface area contributed by atoms with Gasteiger partial charge in [-0.1, -0.05) is 0 Å². The van der Waals surface area contributed by atoms with Crippen LogP contribution in [-0.2, 0) is 16.1 Å². The van der Waals surface area contributed by atoms with Crippen LogP contribution in [0, 0.1) is 5.92 Å². The lowest BCUT2D eigenvalue weighted by molar-refractivity contribution is -0.117. The third kappa shape index (κ3) is 5.84. The van der Waals surface area contributed by atoms with E-state index in [1.54, 1.807) is 21.6 Å². The summed E-state index contributed by atoms with van der Waals surface area (Å²) >= 11 is 1.37. The van der Waals surface area contributed by atoms with E-state index >= 15 is 0 Å². The van der Waals surface area contributed by atoms with Crippen LogP contribution in [0.1, 0.15) is 12.8 Å². The molecule has 1 saturated carbocycles. The van der Waals surface area contributed by atoms with Crippen LogP contribution in [0.4, 0.5) is 5.82 Å². The highest BCUT2D eigenvalue weighted by molar-refractivity contribution is 7.99. The summed E-state index contributed by atoms with van der Waals surface area (Å²) in [6.45, 7) is 0.213. The number of rotatable bonds is 7. The Bertz CT molecular complexity index is 1560. The lowest BCUT2D eigenvalue weighted by atomic mass is 10.2. The maximum absolute atomic E-state index is 12.0. The number of carbonyl (C=O) groups excluding carboxylic acids is 2. The topological polar surface area (TPSA) is 128 Å². The van der Waals surface area contributed by atoms with E-state index in [9.17, 15) is 9.59 Å². The third-order valence-electron chi connectivity index (χ3n) is 5.29. The number of hydrogen-bond acceptors (Lipinski definition) is 9. The van der Waals surface area contributed by atoms with Crippen LogP contribution >= 0.6 is 11.8 Å². The van der Waals surface area contributed by atoms with Crippen LogP contribution in [0.5, 0.6) is 0 Å². The summed E-state index contributed by atoms with van der Waals surface area (Å²) in [6, 6.07) is 7.52. The molecular formula is C24H26N10O2S. The van der Waals surface area contributed by atoms with Gasteiger partial charge in [-0.05, 0) is 70.0 Å². The molecule has 1 aliphatic rings. The summed E-state index contributed by atoms with van der Waals surface area (Å²) in [5.74, 6) is 0.615. The number of aromatic nitrogens is 8. The van der Waals surface area contributed by atoms with Crippen LogP contribution in [-0.4, -0.2) is 77.2 Å². The van der Waals surface area contributed by atoms with Crippen molar-refractivity contribution in [3.63, 3.8) is 0 Å². The van der Waals surface area contributed by atoms with Crippen molar-refractivity contribution in [3.8, 4) is 11.1 Å². The lowest BCUT2D eigenvalue weighted by Crippen LogP contribution is -2.13. The SMILES string of the molecule is CN(C)C.O=CCn1cc(-c2ccc3nnc(Sc4ccc5nc(NC(=O)C6CC6)cn5n4)n3c2)cn1. The molecule has 12 nitrogen and oxygen atoms in total. The first-order chi connectivity index (χ1) is 17.9. The van der Waals surface area contributed by atoms with E-state index in [1.807, 2.05) is 67.1 Å². The van der Waals surface area contributed by atoms with Crippen molar-refractivity contribution in [3.05, 3.63) is 49.1 Å². The van der Waals surface area contributed by atoms with E-state index in [0.717, 1.165) is 30.3 Å². The highest BCUT2D eigenvalue weighted by Crippen LogP contribution is 2.30. The molecule has 1 fully saturated rings. The Labute approximate surface area is 216 Å². The van der Waals surface area contributed by atoms with Crippen LogP contribution < -0.4 is 5.32 Å². The van der Waals surface area contributed by atoms with Crippen molar-refractivity contribution < 1.29 is 9.59 Å². The highest BCUT2D eigenvalue weighted by Gasteiger charge is 2.30. The number of anilines is 1. The van der Waals surface area contributed by atoms with Gasteiger partial charge in [0.25, 0.3) is 0 Å². The van der Waals surface area contributed by atoms with Gasteiger partial charge in [-0.3, -0.25) is 13.9 Å². The standard InChI is InChI=1S/C21H17N9O2S.C3H9N/c31-8-7-28-10-15(9-22-28)14-3-4-18-25-26-21(29(18)11-14)33-19-6-5-17-23-16(12-30(17)27-19)24-20(32)13-1-2-13;1-4(2)3/h3-6,8-13H,1-2,7H2,(H,24,32);1-3H3. The molecule has 0 unspecified atom stereocenters. The van der Waals surface area contributed by atoms with Crippen molar-refractivity contribution in [2.45, 2.75) is 29.6 Å². The quantitative estimate of drug-likeness (QED) is 0.323. The van der Waals surface area contributed by atoms with E-state index in [-0.39, 0.29) is 18.4 Å². The Kier molecular flexibility index (Phi) is 6.97. The minimum atomic E-state index is 0.00967. The number of nitrogens with zero attached hydrogens (tertiary/aromatic N) is 9. The van der Waals surface area contributed by atoms with Gasteiger partial charge in [0.15, 0.2) is 17.1 Å². The predicted octanol–water partition coefficient (Wildman–Crippen LogP) is 2.51. The first-order valence-corrected chi connectivity index (χ1v) is 12.5. The molecule has 190 valence electrons. The second-order valence-electron chi connectivity index (χ2n) is 9.05. The van der Waals surface area contributed by atoms with Crippen LogP contribution in [0.3, 0.4) is 0 Å². The average molecular weight is 519 g/mol. The number of fused-ring (bicyclic) bond motifs is 2. The molecule has 6 rings (SSSR count). The van der Waals surface area contributed by atoms with Crippen molar-refractivity contribution in [2.24, 2.45) is 5.92 Å². The van der Waals surface area contributed by atoms with Crippen molar-refractivity contribution in [1.29, 1.82) is 0 Å². The van der Waals surface area contributed by atoms with Gasteiger partial charge in [-0.15, -0.1) is 10.2 Å². The molecule has 5 aromatic rings. The molecule has 37 heavy (non-hydrogen) atoms. The fraction of sp³-hybridized carbons (Fsp3) is 0.292. The summed E-state index contributed by atoms with van der Waals surface area (Å²) < 4.78 is 5.11. The molecule has 0 radical (unpaired) electrons. The molecular weight excluding hydrogens is 492 g/mol. The predicted molar refractivity (Wildman–Crippen MR) is 138 cm³/mol. The normalized spacial score (nSPS) is 13.1. The third-order valence-corrected chi connectivity index (χ3v) is 6.18. The summed E-state index contributed by atoms with van der Waals surface area (Å²) in [6.07, 6.45) is 9.86. The minimum absolute atomic E-state index is 0.00967. The molecule has 1 N–H and O–H groups in total. The van der Waals surface area contributed by atoms with E-state index in [4.69, 9.17) is 0 Å². The Morgan fingerprint density at radius 1 is 1.08 bits per heavy atom. The fourth-order valence-electron chi connectivity index (χ4n) is 3.45. The van der Waals surface area contributed by atoms with E-state index in [0.29, 0.717) is 27.3 Å². The second-order valence-corrected chi connectivity index (χ2v) is 10.0. The smallest absolute Gasteiger partial charge is 0.228 e. The Morgan fingerprint density at radius 3 is 2.62 bits per heavy atom. The zero-order chi connectivity index (χ0) is 25.9. The summed E-state index contributed by atoms with van der Waals surface area (Å²) in [5, 5.41) is 21.5. The summed E-state index contributed by atoms with van der Waals surface area (Å²) in [7, 11) is 6.00. The number of amides is 1. The van der Waals surface area contributed by atoms with Crippen LogP contribution in [0.15, 0.2) is 59.2 Å². The van der Waals surface area contributed by atoms with Gasteiger partial charge in [-0.25, -0.2) is 9.50 Å². The molecule has 5 aromatic heterocycles. The molecule has 0 atom stereocenters. The average Bonchev–Trinajstić information content (AvgIpc) is 3.29. The summed E-state index contributed by atoms with van der Waals surface area (Å²) in [4.78, 5) is 29.1. The Hall–Kier alpha value is -4.10. The largest absolute Gasteiger partial charge is 0.312 e. The number of imidazole rings is 1. The Morgan fingerprint density at radius 2 is 1.86 bits per heavy atom. The number of nitrogens with one attached hydrogen (secondary N) is 1. The number of hydrogen-bond donors (Lipinski definition) is 1. The Balaban J connectivity index is 0.000000655. The van der Waals surface area contributed by atoms with Gasteiger partial charge < -0.3 is 15.0 Å². The van der Waals surface area contributed by atoms with E-state index < -0.39 is 0 Å². The van der Waals surface area contributed by atoms with Crippen molar-refractivity contribution in [1.82, 2.24) is 43.9 Å². The maximum atomic E-state index is 12.0. The minimum Gasteiger partial charge on any atom is -0.312 e. The van der Waals surface area contributed by atoms with Gasteiger partial charge in [0.1, 0.15) is 11.3 Å². The number of carbonyl (C=O) groups is 2. The first-order valence-electron chi connectivity index (χ1n) is 11.7. The molecule has 0 aromatic carbocycles. The van der Waals surface area contributed by atoms with Gasteiger partial charge in [0.05, 0.1) is 18.9 Å². The lowest BCUT2D eigenvalue weighted by Gasteiger charge is -2.02. The number of pyridine rings is 1. The first kappa shape index (κ1) is 24.6. The van der Waals surface area contributed by atoms with E-state index in [2.05, 4.69) is 30.7 Å². The van der Waals surface area contributed by atoms with E-state index in [1.165, 1.54) is 11.8 Å². The molecule has 13 heteroatoms. The van der Waals surface area contributed by atoms with Gasteiger partial charge >= 0.3 is 0 Å². The zero-order valence-corrected chi connectivity index (χ0v) is 21.5. The highest BCUT2D eigenvalue weighted by atomic mass is 32.2. The maximum Gasteiger partial charge on any atom is 0.228 e. The van der Waals surface area contributed by atoms with Crippen LogP contribution in [0.25, 0.3) is 22.4 Å². The molecule has 0 saturated heterocycles. The summed E-state index contributed by atoms with van der Waals surface area (Å²) in [5.41, 5.74) is 3.17. The fourth-order valence-corrected chi connectivity index (χ4v) is 4.22. The second kappa shape index (κ2) is 10.5. The molecule has 1 aliphatic carbocycles. The molecule has 0 aliphatic heterocycles. The molecule has 5 heterocycles. The monoisotopic (exact) mass is 518 g/mol. The van der Waals surface area contributed by atoms with Crippen molar-refractivity contribution >= 4 is 41.1 Å². The number of aldehydes is 1. The molecule has 1 amide bonds. The van der Waals surface area contributed by atoms with Crippen LogP contribution in [0.2, 0.25) is 0 Å². The molecule has 0 bridgehead atoms. The van der Waals surface area contributed by atoms with Gasteiger partial charge in [0.2, 0.25) is 11.1 Å². The van der Waals surface area contributed by atoms with Gasteiger partial charge in [0, 0.05) is 29.4 Å². The van der Waals surface area contributed by atoms with Gasteiger partial charge in [-0.2, -0.15) is 10.2 Å².